The van der Waals surface area contributed by atoms with E-state index in [0.717, 1.165) is 37.8 Å². The maximum atomic E-state index is 13.2. The largest absolute Gasteiger partial charge is 0.335 e. The minimum atomic E-state index is -0.204. The van der Waals surface area contributed by atoms with E-state index in [1.54, 1.807) is 24.3 Å². The molecule has 5 nitrogen and oxygen atoms in total. The number of nitriles is 1. The maximum Gasteiger partial charge on any atom is 0.319 e. The summed E-state index contributed by atoms with van der Waals surface area (Å²) >= 11 is 0. The number of urea groups is 1. The van der Waals surface area contributed by atoms with Gasteiger partial charge >= 0.3 is 6.03 Å². The molecule has 1 unspecified atom stereocenters. The van der Waals surface area contributed by atoms with E-state index in [2.05, 4.69) is 21.6 Å². The number of nitrogens with one attached hydrogen (secondary N) is 2. The lowest BCUT2D eigenvalue weighted by atomic mass is 9.81. The Bertz CT molecular complexity index is 877. The molecule has 2 fully saturated rings. The van der Waals surface area contributed by atoms with Crippen LogP contribution in [0.4, 0.5) is 14.9 Å². The maximum absolute atomic E-state index is 13.2. The van der Waals surface area contributed by atoms with E-state index < -0.39 is 0 Å². The predicted octanol–water partition coefficient (Wildman–Crippen LogP) is 4.40. The van der Waals surface area contributed by atoms with Gasteiger partial charge in [0, 0.05) is 30.4 Å². The van der Waals surface area contributed by atoms with E-state index in [9.17, 15) is 9.18 Å². The summed E-state index contributed by atoms with van der Waals surface area (Å²) in [5.41, 5.74) is 2.38. The minimum absolute atomic E-state index is 0.146. The number of halogens is 1. The van der Waals surface area contributed by atoms with Gasteiger partial charge in [0.15, 0.2) is 0 Å². The standard InChI is InChI=1S/C23H25FN4O/c24-18-8-4-17(5-9-18)15-28-21-2-1-3-22(28)13-20(12-21)27-23(29)26-19-10-6-16(14-25)7-11-19/h4-11,20-22H,1-3,12-13,15H2,(H2,26,27,29)/t20?,21-,22+. The zero-order valence-electron chi connectivity index (χ0n) is 16.3. The smallest absolute Gasteiger partial charge is 0.319 e. The number of fused-ring (bicyclic) bond motifs is 2. The van der Waals surface area contributed by atoms with Gasteiger partial charge < -0.3 is 10.6 Å². The van der Waals surface area contributed by atoms with Crippen LogP contribution in [0.2, 0.25) is 0 Å². The average molecular weight is 392 g/mol. The molecule has 2 aliphatic heterocycles. The third-order valence-corrected chi connectivity index (χ3v) is 6.01. The van der Waals surface area contributed by atoms with Crippen molar-refractivity contribution in [2.75, 3.05) is 5.32 Å². The van der Waals surface area contributed by atoms with E-state index in [-0.39, 0.29) is 17.9 Å². The molecular weight excluding hydrogens is 367 g/mol. The highest BCUT2D eigenvalue weighted by Crippen LogP contribution is 2.35. The van der Waals surface area contributed by atoms with Gasteiger partial charge in [0.05, 0.1) is 11.6 Å². The Morgan fingerprint density at radius 3 is 2.34 bits per heavy atom. The van der Waals surface area contributed by atoms with Crippen LogP contribution in [0, 0.1) is 17.1 Å². The van der Waals surface area contributed by atoms with Crippen LogP contribution < -0.4 is 10.6 Å². The summed E-state index contributed by atoms with van der Waals surface area (Å²) in [4.78, 5) is 15.0. The summed E-state index contributed by atoms with van der Waals surface area (Å²) < 4.78 is 13.2. The first-order valence-electron chi connectivity index (χ1n) is 10.2. The molecule has 0 aliphatic carbocycles. The molecule has 0 radical (unpaired) electrons. The van der Waals surface area contributed by atoms with Gasteiger partial charge in [-0.2, -0.15) is 5.26 Å². The summed E-state index contributed by atoms with van der Waals surface area (Å²) in [5, 5.41) is 14.8. The Labute approximate surface area is 170 Å². The van der Waals surface area contributed by atoms with Gasteiger partial charge in [0.1, 0.15) is 5.82 Å². The number of piperidine rings is 2. The highest BCUT2D eigenvalue weighted by molar-refractivity contribution is 5.89. The molecule has 150 valence electrons. The van der Waals surface area contributed by atoms with Gasteiger partial charge in [-0.15, -0.1) is 0 Å². The Kier molecular flexibility index (Phi) is 5.77. The Hall–Kier alpha value is -2.91. The fourth-order valence-electron chi connectivity index (χ4n) is 4.64. The third-order valence-electron chi connectivity index (χ3n) is 6.01. The Morgan fingerprint density at radius 1 is 1.07 bits per heavy atom. The van der Waals surface area contributed by atoms with Gasteiger partial charge in [0.2, 0.25) is 0 Å². The van der Waals surface area contributed by atoms with E-state index in [0.29, 0.717) is 23.3 Å². The number of benzene rings is 2. The van der Waals surface area contributed by atoms with Crippen LogP contribution in [-0.2, 0) is 6.54 Å². The van der Waals surface area contributed by atoms with Crippen molar-refractivity contribution in [3.05, 3.63) is 65.5 Å². The van der Waals surface area contributed by atoms with E-state index in [4.69, 9.17) is 5.26 Å². The molecule has 2 saturated heterocycles. The van der Waals surface area contributed by atoms with Crippen LogP contribution in [0.25, 0.3) is 0 Å². The summed E-state index contributed by atoms with van der Waals surface area (Å²) in [6, 6.07) is 16.5. The van der Waals surface area contributed by atoms with Crippen molar-refractivity contribution < 1.29 is 9.18 Å². The van der Waals surface area contributed by atoms with Gasteiger partial charge in [-0.05, 0) is 67.6 Å². The molecule has 6 heteroatoms. The number of carbonyl (C=O) groups is 1. The topological polar surface area (TPSA) is 68.2 Å². The van der Waals surface area contributed by atoms with Crippen LogP contribution in [0.1, 0.15) is 43.2 Å². The molecule has 2 bridgehead atoms. The molecule has 2 aliphatic rings. The molecule has 29 heavy (non-hydrogen) atoms. The molecular formula is C23H25FN4O. The SMILES string of the molecule is N#Cc1ccc(NC(=O)NC2C[C@H]3CCC[C@@H](C2)N3Cc2ccc(F)cc2)cc1. The number of nitrogens with zero attached hydrogens (tertiary/aromatic N) is 2. The lowest BCUT2D eigenvalue weighted by molar-refractivity contribution is 0.0200. The molecule has 2 N–H and O–H groups in total. The zero-order valence-corrected chi connectivity index (χ0v) is 16.3. The fourth-order valence-corrected chi connectivity index (χ4v) is 4.64. The molecule has 0 saturated carbocycles. The second-order valence-corrected chi connectivity index (χ2v) is 7.99. The summed E-state index contributed by atoms with van der Waals surface area (Å²) in [5.74, 6) is -0.204. The molecule has 2 heterocycles. The van der Waals surface area contributed by atoms with Crippen LogP contribution in [0.15, 0.2) is 48.5 Å². The fraction of sp³-hybridized carbons (Fsp3) is 0.391. The number of rotatable bonds is 4. The van der Waals surface area contributed by atoms with E-state index in [1.165, 1.54) is 18.6 Å². The first kappa shape index (κ1) is 19.4. The summed E-state index contributed by atoms with van der Waals surface area (Å²) in [7, 11) is 0. The number of hydrogen-bond donors (Lipinski definition) is 2. The number of amides is 2. The second kappa shape index (κ2) is 8.62. The van der Waals surface area contributed by atoms with Gasteiger partial charge in [-0.1, -0.05) is 18.6 Å². The molecule has 2 amide bonds. The van der Waals surface area contributed by atoms with Gasteiger partial charge in [-0.25, -0.2) is 9.18 Å². The predicted molar refractivity (Wildman–Crippen MR) is 110 cm³/mol. The normalized spacial score (nSPS) is 23.8. The van der Waals surface area contributed by atoms with Crippen molar-refractivity contribution in [3.63, 3.8) is 0 Å². The van der Waals surface area contributed by atoms with Crippen molar-refractivity contribution >= 4 is 11.7 Å². The van der Waals surface area contributed by atoms with Crippen molar-refractivity contribution in [2.45, 2.75) is 56.8 Å². The molecule has 0 spiro atoms. The quantitative estimate of drug-likeness (QED) is 0.810. The van der Waals surface area contributed by atoms with E-state index >= 15 is 0 Å². The van der Waals surface area contributed by atoms with Crippen molar-refractivity contribution in [1.82, 2.24) is 10.2 Å². The van der Waals surface area contributed by atoms with Crippen molar-refractivity contribution in [3.8, 4) is 6.07 Å². The Morgan fingerprint density at radius 2 is 1.72 bits per heavy atom. The lowest BCUT2D eigenvalue weighted by Gasteiger charge is -2.49. The number of hydrogen-bond acceptors (Lipinski definition) is 3. The highest BCUT2D eigenvalue weighted by atomic mass is 19.1. The van der Waals surface area contributed by atoms with Crippen molar-refractivity contribution in [1.29, 1.82) is 5.26 Å². The Balaban J connectivity index is 1.34. The number of carbonyl (C=O) groups excluding carboxylic acids is 1. The number of anilines is 1. The lowest BCUT2D eigenvalue weighted by Crippen LogP contribution is -2.56. The van der Waals surface area contributed by atoms with Crippen LogP contribution in [-0.4, -0.2) is 29.1 Å². The molecule has 3 atom stereocenters. The highest BCUT2D eigenvalue weighted by Gasteiger charge is 2.38. The monoisotopic (exact) mass is 392 g/mol. The zero-order chi connectivity index (χ0) is 20.2. The van der Waals surface area contributed by atoms with Crippen LogP contribution in [0.3, 0.4) is 0 Å². The molecule has 2 aromatic carbocycles. The van der Waals surface area contributed by atoms with Crippen LogP contribution in [0.5, 0.6) is 0 Å². The summed E-state index contributed by atoms with van der Waals surface area (Å²) in [6.45, 7) is 0.833. The van der Waals surface area contributed by atoms with Crippen molar-refractivity contribution in [2.24, 2.45) is 0 Å². The first-order valence-corrected chi connectivity index (χ1v) is 10.2. The van der Waals surface area contributed by atoms with E-state index in [1.807, 2.05) is 12.1 Å². The third kappa shape index (κ3) is 4.75. The second-order valence-electron chi connectivity index (χ2n) is 7.99. The molecule has 2 aromatic rings. The molecule has 4 rings (SSSR count). The van der Waals surface area contributed by atoms with Crippen LogP contribution >= 0.6 is 0 Å². The van der Waals surface area contributed by atoms with Gasteiger partial charge in [-0.3, -0.25) is 4.90 Å². The van der Waals surface area contributed by atoms with Gasteiger partial charge in [0.25, 0.3) is 0 Å². The summed E-state index contributed by atoms with van der Waals surface area (Å²) in [6.07, 6.45) is 5.34. The first-order chi connectivity index (χ1) is 14.1. The molecule has 0 aromatic heterocycles. The minimum Gasteiger partial charge on any atom is -0.335 e. The average Bonchev–Trinajstić information content (AvgIpc) is 2.71.